The number of pyridine rings is 1. The predicted octanol–water partition coefficient (Wildman–Crippen LogP) is 4.88. The Balaban J connectivity index is 2.69. The Morgan fingerprint density at radius 3 is 2.61 bits per heavy atom. The molecule has 0 saturated carbocycles. The number of para-hydroxylation sites is 1. The molecule has 1 heterocycles. The van der Waals surface area contributed by atoms with Gasteiger partial charge in [-0.05, 0) is 18.2 Å². The van der Waals surface area contributed by atoms with Crippen molar-refractivity contribution in [2.75, 3.05) is 12.9 Å². The number of hydrogen-bond donors (Lipinski definition) is 0. The second kappa shape index (κ2) is 7.21. The number of hydrogen-bond acceptors (Lipinski definition) is 4. The molecule has 124 valence electrons. The monoisotopic (exact) mass is 343 g/mol. The summed E-state index contributed by atoms with van der Waals surface area (Å²) in [5.41, 5.74) is 0.00174. The van der Waals surface area contributed by atoms with Crippen LogP contribution >= 0.6 is 11.8 Å². The zero-order valence-electron chi connectivity index (χ0n) is 12.7. The van der Waals surface area contributed by atoms with Crippen molar-refractivity contribution in [2.45, 2.75) is 30.8 Å². The first-order valence-electron chi connectivity index (χ1n) is 7.11. The second-order valence-corrected chi connectivity index (χ2v) is 5.98. The number of ketones is 1. The van der Waals surface area contributed by atoms with E-state index in [2.05, 4.69) is 4.98 Å². The normalized spacial score (nSPS) is 11.7. The van der Waals surface area contributed by atoms with Crippen LogP contribution in [0.4, 0.5) is 13.2 Å². The standard InChI is InChI=1S/C16H16F3NO2S/c1-3-4-9-23-13-10-7-5-6-8-11(10)20-15(22-2)12(13)14(21)16(17,18)19/h5-8H,3-4,9H2,1-2H3. The fourth-order valence-corrected chi connectivity index (χ4v) is 3.41. The van der Waals surface area contributed by atoms with Crippen molar-refractivity contribution < 1.29 is 22.7 Å². The number of thioether (sulfide) groups is 1. The van der Waals surface area contributed by atoms with E-state index in [9.17, 15) is 18.0 Å². The van der Waals surface area contributed by atoms with E-state index in [-0.39, 0.29) is 10.8 Å². The van der Waals surface area contributed by atoms with Crippen molar-refractivity contribution in [3.8, 4) is 5.88 Å². The summed E-state index contributed by atoms with van der Waals surface area (Å²) in [7, 11) is 1.21. The van der Waals surface area contributed by atoms with Crippen molar-refractivity contribution in [1.82, 2.24) is 4.98 Å². The zero-order valence-corrected chi connectivity index (χ0v) is 13.6. The van der Waals surface area contributed by atoms with Gasteiger partial charge in [0.1, 0.15) is 5.56 Å². The van der Waals surface area contributed by atoms with E-state index in [0.717, 1.165) is 12.8 Å². The van der Waals surface area contributed by atoms with E-state index in [1.165, 1.54) is 18.9 Å². The minimum absolute atomic E-state index is 0.281. The Morgan fingerprint density at radius 1 is 1.30 bits per heavy atom. The summed E-state index contributed by atoms with van der Waals surface area (Å²) >= 11 is 1.23. The quantitative estimate of drug-likeness (QED) is 0.426. The molecule has 0 aliphatic carbocycles. The molecule has 0 radical (unpaired) electrons. The molecule has 0 atom stereocenters. The highest BCUT2D eigenvalue weighted by atomic mass is 32.2. The number of methoxy groups -OCH3 is 1. The van der Waals surface area contributed by atoms with Crippen molar-refractivity contribution in [3.63, 3.8) is 0 Å². The first-order chi connectivity index (χ1) is 10.9. The lowest BCUT2D eigenvalue weighted by Crippen LogP contribution is -2.24. The average Bonchev–Trinajstić information content (AvgIpc) is 2.52. The number of Topliss-reactive ketones (excluding diaryl/α,β-unsaturated/α-hetero) is 1. The van der Waals surface area contributed by atoms with Gasteiger partial charge in [0.25, 0.3) is 5.78 Å². The molecule has 1 aromatic heterocycles. The van der Waals surface area contributed by atoms with Gasteiger partial charge in [-0.25, -0.2) is 4.98 Å². The number of aromatic nitrogens is 1. The minimum Gasteiger partial charge on any atom is -0.480 e. The zero-order chi connectivity index (χ0) is 17.0. The summed E-state index contributed by atoms with van der Waals surface area (Å²) in [5, 5.41) is 0.530. The van der Waals surface area contributed by atoms with Crippen LogP contribution in [0.1, 0.15) is 30.1 Å². The molecule has 0 aliphatic rings. The Morgan fingerprint density at radius 2 is 2.00 bits per heavy atom. The smallest absolute Gasteiger partial charge is 0.455 e. The molecule has 3 nitrogen and oxygen atoms in total. The fourth-order valence-electron chi connectivity index (χ4n) is 2.12. The highest BCUT2D eigenvalue weighted by molar-refractivity contribution is 7.99. The highest BCUT2D eigenvalue weighted by Gasteiger charge is 2.43. The Hall–Kier alpha value is -1.76. The number of rotatable bonds is 6. The second-order valence-electron chi connectivity index (χ2n) is 4.87. The lowest BCUT2D eigenvalue weighted by atomic mass is 10.1. The SMILES string of the molecule is CCCCSc1c(C(=O)C(F)(F)F)c(OC)nc2ccccc12. The third kappa shape index (κ3) is 3.77. The van der Waals surface area contributed by atoms with Crippen LogP contribution in [0.5, 0.6) is 5.88 Å². The number of carbonyl (C=O) groups excluding carboxylic acids is 1. The van der Waals surface area contributed by atoms with Crippen LogP contribution < -0.4 is 4.74 Å². The van der Waals surface area contributed by atoms with Gasteiger partial charge in [-0.15, -0.1) is 11.8 Å². The molecule has 0 bridgehead atoms. The van der Waals surface area contributed by atoms with Gasteiger partial charge in [0, 0.05) is 10.3 Å². The molecule has 0 N–H and O–H groups in total. The van der Waals surface area contributed by atoms with Crippen molar-refractivity contribution in [1.29, 1.82) is 0 Å². The van der Waals surface area contributed by atoms with Crippen LogP contribution in [0.3, 0.4) is 0 Å². The number of nitrogens with zero attached hydrogens (tertiary/aromatic N) is 1. The molecule has 23 heavy (non-hydrogen) atoms. The molecule has 1 aromatic carbocycles. The summed E-state index contributed by atoms with van der Waals surface area (Å²) in [5.74, 6) is -1.59. The van der Waals surface area contributed by atoms with Crippen molar-refractivity contribution in [3.05, 3.63) is 29.8 Å². The Bertz CT molecular complexity index is 716. The van der Waals surface area contributed by atoms with Crippen LogP contribution in [0, 0.1) is 0 Å². The molecular formula is C16H16F3NO2S. The topological polar surface area (TPSA) is 39.2 Å². The Labute approximate surface area is 136 Å². The summed E-state index contributed by atoms with van der Waals surface area (Å²) in [6.07, 6.45) is -3.23. The number of fused-ring (bicyclic) bond motifs is 1. The summed E-state index contributed by atoms with van der Waals surface area (Å²) in [6, 6.07) is 6.80. The molecule has 2 aromatic rings. The lowest BCUT2D eigenvalue weighted by Gasteiger charge is -2.16. The number of ether oxygens (including phenoxy) is 1. The number of halogens is 3. The fraction of sp³-hybridized carbons (Fsp3) is 0.375. The molecule has 7 heteroatoms. The number of carbonyl (C=O) groups is 1. The maximum absolute atomic E-state index is 13.0. The van der Waals surface area contributed by atoms with Crippen LogP contribution in [-0.4, -0.2) is 29.8 Å². The van der Waals surface area contributed by atoms with Crippen molar-refractivity contribution >= 4 is 28.4 Å². The van der Waals surface area contributed by atoms with E-state index in [0.29, 0.717) is 16.7 Å². The summed E-state index contributed by atoms with van der Waals surface area (Å²) < 4.78 is 43.9. The van der Waals surface area contributed by atoms with Gasteiger partial charge >= 0.3 is 6.18 Å². The van der Waals surface area contributed by atoms with Gasteiger partial charge < -0.3 is 4.74 Å². The van der Waals surface area contributed by atoms with E-state index >= 15 is 0 Å². The molecule has 0 saturated heterocycles. The van der Waals surface area contributed by atoms with E-state index < -0.39 is 17.5 Å². The lowest BCUT2D eigenvalue weighted by molar-refractivity contribution is -0.0888. The maximum Gasteiger partial charge on any atom is 0.455 e. The number of unbranched alkanes of at least 4 members (excludes halogenated alkanes) is 1. The van der Waals surface area contributed by atoms with E-state index in [1.54, 1.807) is 24.3 Å². The average molecular weight is 343 g/mol. The molecule has 0 fully saturated rings. The van der Waals surface area contributed by atoms with Gasteiger partial charge in [-0.1, -0.05) is 31.5 Å². The van der Waals surface area contributed by atoms with Gasteiger partial charge in [-0.3, -0.25) is 4.79 Å². The molecule has 0 aliphatic heterocycles. The third-order valence-corrected chi connectivity index (χ3v) is 4.44. The van der Waals surface area contributed by atoms with Gasteiger partial charge in [0.15, 0.2) is 0 Å². The molecule has 2 rings (SSSR count). The van der Waals surface area contributed by atoms with Crippen LogP contribution in [0.2, 0.25) is 0 Å². The Kier molecular flexibility index (Phi) is 5.51. The summed E-state index contributed by atoms with van der Waals surface area (Å²) in [4.78, 5) is 16.2. The molecule has 0 unspecified atom stereocenters. The first kappa shape index (κ1) is 17.6. The molecule has 0 amide bonds. The third-order valence-electron chi connectivity index (χ3n) is 3.23. The summed E-state index contributed by atoms with van der Waals surface area (Å²) in [6.45, 7) is 1.99. The van der Waals surface area contributed by atoms with Gasteiger partial charge in [0.2, 0.25) is 5.88 Å². The number of benzene rings is 1. The van der Waals surface area contributed by atoms with Crippen LogP contribution in [-0.2, 0) is 0 Å². The first-order valence-corrected chi connectivity index (χ1v) is 8.09. The predicted molar refractivity (Wildman–Crippen MR) is 84.3 cm³/mol. The highest BCUT2D eigenvalue weighted by Crippen LogP contribution is 2.39. The van der Waals surface area contributed by atoms with Gasteiger partial charge in [-0.2, -0.15) is 13.2 Å². The minimum atomic E-state index is -4.97. The van der Waals surface area contributed by atoms with E-state index in [1.807, 2.05) is 6.92 Å². The maximum atomic E-state index is 13.0. The molecular weight excluding hydrogens is 327 g/mol. The van der Waals surface area contributed by atoms with Gasteiger partial charge in [0.05, 0.1) is 12.6 Å². The molecule has 0 spiro atoms. The van der Waals surface area contributed by atoms with E-state index in [4.69, 9.17) is 4.74 Å². The van der Waals surface area contributed by atoms with Crippen molar-refractivity contribution in [2.24, 2.45) is 0 Å². The van der Waals surface area contributed by atoms with Crippen LogP contribution in [0.25, 0.3) is 10.9 Å². The van der Waals surface area contributed by atoms with Crippen LogP contribution in [0.15, 0.2) is 29.2 Å². The number of alkyl halides is 3. The largest absolute Gasteiger partial charge is 0.480 e.